The number of benzene rings is 1. The van der Waals surface area contributed by atoms with Gasteiger partial charge in [0.1, 0.15) is 0 Å². The summed E-state index contributed by atoms with van der Waals surface area (Å²) >= 11 is 0. The van der Waals surface area contributed by atoms with Gasteiger partial charge in [0.25, 0.3) is 0 Å². The predicted molar refractivity (Wildman–Crippen MR) is 110 cm³/mol. The van der Waals surface area contributed by atoms with Crippen molar-refractivity contribution in [3.05, 3.63) is 29.8 Å². The van der Waals surface area contributed by atoms with Crippen LogP contribution < -0.4 is 15.5 Å². The number of anilines is 1. The number of nitrogens with one attached hydrogen (secondary N) is 2. The monoisotopic (exact) mass is 361 g/mol. The first-order valence-electron chi connectivity index (χ1n) is 9.53. The van der Waals surface area contributed by atoms with E-state index in [1.54, 1.807) is 0 Å². The fourth-order valence-electron chi connectivity index (χ4n) is 2.99. The van der Waals surface area contributed by atoms with Crippen molar-refractivity contribution in [1.82, 2.24) is 15.5 Å². The van der Waals surface area contributed by atoms with E-state index in [1.807, 2.05) is 0 Å². The van der Waals surface area contributed by atoms with Crippen molar-refractivity contribution < 1.29 is 4.74 Å². The molecule has 26 heavy (non-hydrogen) atoms. The second kappa shape index (κ2) is 9.78. The quantitative estimate of drug-likeness (QED) is 0.574. The topological polar surface area (TPSA) is 52.1 Å². The molecule has 1 aliphatic heterocycles. The number of guanidine groups is 1. The zero-order valence-electron chi connectivity index (χ0n) is 17.0. The van der Waals surface area contributed by atoms with Crippen molar-refractivity contribution in [3.8, 4) is 0 Å². The van der Waals surface area contributed by atoms with E-state index in [0.29, 0.717) is 6.54 Å². The molecule has 1 aromatic rings. The predicted octanol–water partition coefficient (Wildman–Crippen LogP) is 1.92. The van der Waals surface area contributed by atoms with E-state index in [2.05, 4.69) is 79.6 Å². The molecule has 0 aromatic heterocycles. The highest BCUT2D eigenvalue weighted by molar-refractivity contribution is 5.79. The van der Waals surface area contributed by atoms with Crippen LogP contribution in [0.25, 0.3) is 0 Å². The van der Waals surface area contributed by atoms with Gasteiger partial charge in [0, 0.05) is 51.5 Å². The third-order valence-corrected chi connectivity index (χ3v) is 4.77. The van der Waals surface area contributed by atoms with Crippen molar-refractivity contribution in [3.63, 3.8) is 0 Å². The lowest BCUT2D eigenvalue weighted by Gasteiger charge is -2.41. The van der Waals surface area contributed by atoms with Gasteiger partial charge in [0.05, 0.1) is 19.8 Å². The normalized spacial score (nSPS) is 16.4. The van der Waals surface area contributed by atoms with Gasteiger partial charge in [-0.15, -0.1) is 0 Å². The van der Waals surface area contributed by atoms with E-state index in [4.69, 9.17) is 9.73 Å². The molecule has 0 atom stereocenters. The Kier molecular flexibility index (Phi) is 7.72. The van der Waals surface area contributed by atoms with Crippen molar-refractivity contribution in [2.45, 2.75) is 32.9 Å². The Morgan fingerprint density at radius 3 is 2.38 bits per heavy atom. The fourth-order valence-corrected chi connectivity index (χ4v) is 2.99. The first-order chi connectivity index (χ1) is 12.4. The fraction of sp³-hybridized carbons (Fsp3) is 0.650. The summed E-state index contributed by atoms with van der Waals surface area (Å²) in [6.07, 6.45) is 0. The van der Waals surface area contributed by atoms with Gasteiger partial charge in [-0.3, -0.25) is 4.90 Å². The van der Waals surface area contributed by atoms with Crippen LogP contribution >= 0.6 is 0 Å². The molecular formula is C20H35N5O. The molecule has 1 aliphatic rings. The van der Waals surface area contributed by atoms with Gasteiger partial charge in [-0.2, -0.15) is 0 Å². The molecule has 1 aromatic carbocycles. The van der Waals surface area contributed by atoms with E-state index in [9.17, 15) is 0 Å². The van der Waals surface area contributed by atoms with Crippen LogP contribution in [0.5, 0.6) is 0 Å². The summed E-state index contributed by atoms with van der Waals surface area (Å²) in [6.45, 7) is 12.6. The Hall–Kier alpha value is -1.79. The van der Waals surface area contributed by atoms with Crippen LogP contribution in [0.3, 0.4) is 0 Å². The van der Waals surface area contributed by atoms with Crippen LogP contribution in [0.1, 0.15) is 26.3 Å². The molecule has 0 unspecified atom stereocenters. The van der Waals surface area contributed by atoms with Gasteiger partial charge >= 0.3 is 0 Å². The van der Waals surface area contributed by atoms with E-state index in [1.165, 1.54) is 11.3 Å². The third-order valence-electron chi connectivity index (χ3n) is 4.77. The summed E-state index contributed by atoms with van der Waals surface area (Å²) in [5, 5.41) is 6.85. The minimum atomic E-state index is 0.0628. The van der Waals surface area contributed by atoms with Gasteiger partial charge in [-0.1, -0.05) is 12.1 Å². The lowest BCUT2D eigenvalue weighted by molar-refractivity contribution is -0.00834. The number of aliphatic imine (C=N–C) groups is 1. The zero-order chi connectivity index (χ0) is 19.0. The van der Waals surface area contributed by atoms with Gasteiger partial charge < -0.3 is 20.3 Å². The lowest BCUT2D eigenvalue weighted by atomic mass is 10.0. The molecule has 1 saturated heterocycles. The summed E-state index contributed by atoms with van der Waals surface area (Å²) in [5.41, 5.74) is 2.48. The second-order valence-corrected chi connectivity index (χ2v) is 7.52. The highest BCUT2D eigenvalue weighted by Gasteiger charge is 2.28. The van der Waals surface area contributed by atoms with E-state index in [-0.39, 0.29) is 5.54 Å². The van der Waals surface area contributed by atoms with Crippen LogP contribution in [-0.2, 0) is 11.3 Å². The Labute approximate surface area is 158 Å². The SMILES string of the molecule is CCNC(=NCc1ccc(N(C)C)cc1)NCC(C)(C)N1CCOCC1. The second-order valence-electron chi connectivity index (χ2n) is 7.52. The molecule has 0 radical (unpaired) electrons. The summed E-state index contributed by atoms with van der Waals surface area (Å²) in [4.78, 5) is 9.33. The molecule has 2 N–H and O–H groups in total. The van der Waals surface area contributed by atoms with E-state index >= 15 is 0 Å². The van der Waals surface area contributed by atoms with Crippen LogP contribution in [0.2, 0.25) is 0 Å². The first kappa shape index (κ1) is 20.5. The summed E-state index contributed by atoms with van der Waals surface area (Å²) in [5.74, 6) is 0.866. The molecule has 6 nitrogen and oxygen atoms in total. The minimum Gasteiger partial charge on any atom is -0.379 e. The Morgan fingerprint density at radius 2 is 1.81 bits per heavy atom. The maximum Gasteiger partial charge on any atom is 0.191 e. The highest BCUT2D eigenvalue weighted by Crippen LogP contribution is 2.15. The smallest absolute Gasteiger partial charge is 0.191 e. The Balaban J connectivity index is 1.93. The van der Waals surface area contributed by atoms with Crippen LogP contribution in [0.15, 0.2) is 29.3 Å². The number of morpholine rings is 1. The molecule has 6 heteroatoms. The average molecular weight is 362 g/mol. The molecular weight excluding hydrogens is 326 g/mol. The molecule has 0 bridgehead atoms. The number of nitrogens with zero attached hydrogens (tertiary/aromatic N) is 3. The van der Waals surface area contributed by atoms with Gasteiger partial charge in [0.2, 0.25) is 0 Å². The minimum absolute atomic E-state index is 0.0628. The first-order valence-corrected chi connectivity index (χ1v) is 9.53. The van der Waals surface area contributed by atoms with Crippen LogP contribution in [0.4, 0.5) is 5.69 Å². The van der Waals surface area contributed by atoms with Crippen molar-refractivity contribution in [2.75, 3.05) is 58.4 Å². The molecule has 146 valence electrons. The maximum atomic E-state index is 5.47. The molecule has 0 saturated carbocycles. The summed E-state index contributed by atoms with van der Waals surface area (Å²) in [7, 11) is 4.10. The van der Waals surface area contributed by atoms with Gasteiger partial charge in [-0.05, 0) is 38.5 Å². The Bertz CT molecular complexity index is 562. The van der Waals surface area contributed by atoms with Crippen LogP contribution in [-0.4, -0.2) is 69.9 Å². The lowest BCUT2D eigenvalue weighted by Crippen LogP contribution is -2.56. The third kappa shape index (κ3) is 6.18. The van der Waals surface area contributed by atoms with Gasteiger partial charge in [-0.25, -0.2) is 4.99 Å². The Morgan fingerprint density at radius 1 is 1.15 bits per heavy atom. The molecule has 0 amide bonds. The number of hydrogen-bond donors (Lipinski definition) is 2. The summed E-state index contributed by atoms with van der Waals surface area (Å²) < 4.78 is 5.47. The van der Waals surface area contributed by atoms with Crippen molar-refractivity contribution in [1.29, 1.82) is 0 Å². The molecule has 0 aliphatic carbocycles. The van der Waals surface area contributed by atoms with Crippen molar-refractivity contribution >= 4 is 11.6 Å². The number of hydrogen-bond acceptors (Lipinski definition) is 4. The largest absolute Gasteiger partial charge is 0.379 e. The number of ether oxygens (including phenoxy) is 1. The molecule has 1 heterocycles. The zero-order valence-corrected chi connectivity index (χ0v) is 17.0. The maximum absolute atomic E-state index is 5.47. The number of rotatable bonds is 7. The molecule has 2 rings (SSSR count). The van der Waals surface area contributed by atoms with Gasteiger partial charge in [0.15, 0.2) is 5.96 Å². The molecule has 1 fully saturated rings. The highest BCUT2D eigenvalue weighted by atomic mass is 16.5. The average Bonchev–Trinajstić information content (AvgIpc) is 2.65. The van der Waals surface area contributed by atoms with E-state index < -0.39 is 0 Å². The van der Waals surface area contributed by atoms with E-state index in [0.717, 1.165) is 45.4 Å². The summed E-state index contributed by atoms with van der Waals surface area (Å²) in [6, 6.07) is 8.54. The van der Waals surface area contributed by atoms with Crippen molar-refractivity contribution in [2.24, 2.45) is 4.99 Å². The standard InChI is InChI=1S/C20H35N5O/c1-6-21-19(22-15-17-7-9-18(10-8-17)24(4)5)23-16-20(2,3)25-11-13-26-14-12-25/h7-10H,6,11-16H2,1-5H3,(H2,21,22,23). The molecule has 0 spiro atoms. The van der Waals surface area contributed by atoms with Crippen LogP contribution in [0, 0.1) is 0 Å².